The molecule has 1 aliphatic heterocycles. The zero-order valence-corrected chi connectivity index (χ0v) is 12.6. The molecule has 1 aromatic heterocycles. The summed E-state index contributed by atoms with van der Waals surface area (Å²) in [6, 6.07) is 0.244. The van der Waals surface area contributed by atoms with Crippen LogP contribution in [0.1, 0.15) is 44.3 Å². The van der Waals surface area contributed by atoms with E-state index in [2.05, 4.69) is 22.2 Å². The van der Waals surface area contributed by atoms with Crippen LogP contribution >= 0.6 is 11.8 Å². The van der Waals surface area contributed by atoms with Crippen molar-refractivity contribution < 1.29 is 4.74 Å². The molecule has 2 unspecified atom stereocenters. The Morgan fingerprint density at radius 3 is 2.95 bits per heavy atom. The summed E-state index contributed by atoms with van der Waals surface area (Å²) in [6.07, 6.45) is 8.45. The van der Waals surface area contributed by atoms with Gasteiger partial charge in [-0.2, -0.15) is 11.8 Å². The van der Waals surface area contributed by atoms with E-state index in [-0.39, 0.29) is 6.04 Å². The number of hydrogen-bond donors (Lipinski definition) is 1. The van der Waals surface area contributed by atoms with Crippen LogP contribution in [0.3, 0.4) is 0 Å². The van der Waals surface area contributed by atoms with E-state index >= 15 is 0 Å². The first-order valence-corrected chi connectivity index (χ1v) is 8.11. The first-order chi connectivity index (χ1) is 9.36. The second kappa shape index (κ2) is 7.70. The van der Waals surface area contributed by atoms with E-state index < -0.39 is 0 Å². The Hall–Kier alpha value is -0.810. The molecule has 4 nitrogen and oxygen atoms in total. The molecule has 2 rings (SSSR count). The lowest BCUT2D eigenvalue weighted by Gasteiger charge is -2.30. The molecule has 0 saturated carbocycles. The summed E-state index contributed by atoms with van der Waals surface area (Å²) in [4.78, 5) is 8.80. The van der Waals surface area contributed by atoms with Gasteiger partial charge in [-0.3, -0.25) is 4.98 Å². The molecule has 1 aromatic rings. The largest absolute Gasteiger partial charge is 0.480 e. The Labute approximate surface area is 119 Å². The quantitative estimate of drug-likeness (QED) is 0.869. The summed E-state index contributed by atoms with van der Waals surface area (Å²) < 4.78 is 5.37. The van der Waals surface area contributed by atoms with Gasteiger partial charge in [-0.25, -0.2) is 4.98 Å². The fraction of sp³-hybridized carbons (Fsp3) is 0.714. The van der Waals surface area contributed by atoms with Crippen molar-refractivity contribution in [1.82, 2.24) is 15.3 Å². The van der Waals surface area contributed by atoms with Gasteiger partial charge in [0.25, 0.3) is 0 Å². The summed E-state index contributed by atoms with van der Waals surface area (Å²) >= 11 is 2.05. The minimum absolute atomic E-state index is 0.244. The summed E-state index contributed by atoms with van der Waals surface area (Å²) in [5.74, 6) is 1.90. The lowest BCUT2D eigenvalue weighted by atomic mass is 10.0. The van der Waals surface area contributed by atoms with Crippen LogP contribution in [0.25, 0.3) is 0 Å². The molecule has 106 valence electrons. The average Bonchev–Trinajstić information content (AvgIpc) is 2.49. The normalized spacial score (nSPS) is 21.1. The number of ether oxygens (including phenoxy) is 1. The molecule has 5 heteroatoms. The Balaban J connectivity index is 2.19. The van der Waals surface area contributed by atoms with E-state index in [9.17, 15) is 0 Å². The van der Waals surface area contributed by atoms with Crippen molar-refractivity contribution in [3.05, 3.63) is 18.1 Å². The van der Waals surface area contributed by atoms with E-state index in [4.69, 9.17) is 4.74 Å². The van der Waals surface area contributed by atoms with Crippen LogP contribution < -0.4 is 10.1 Å². The van der Waals surface area contributed by atoms with E-state index in [1.54, 1.807) is 19.5 Å². The lowest BCUT2D eigenvalue weighted by Crippen LogP contribution is -2.33. The standard InChI is InChI=1S/C14H23N3OS/c1-3-7-15-12(11-6-4-5-10-19-11)13-14(18-2)17-9-8-16-13/h8-9,11-12,15H,3-7,10H2,1-2H3. The fourth-order valence-electron chi connectivity index (χ4n) is 2.44. The summed E-state index contributed by atoms with van der Waals surface area (Å²) in [6.45, 7) is 3.19. The van der Waals surface area contributed by atoms with Crippen LogP contribution in [0.15, 0.2) is 12.4 Å². The number of hydrogen-bond acceptors (Lipinski definition) is 5. The SMILES string of the molecule is CCCNC(c1nccnc1OC)C1CCCCS1. The third kappa shape index (κ3) is 3.83. The topological polar surface area (TPSA) is 47.0 Å². The molecule has 0 amide bonds. The van der Waals surface area contributed by atoms with Gasteiger partial charge in [0.15, 0.2) is 0 Å². The van der Waals surface area contributed by atoms with Gasteiger partial charge >= 0.3 is 0 Å². The van der Waals surface area contributed by atoms with Crippen LogP contribution in [-0.4, -0.2) is 34.6 Å². The maximum Gasteiger partial charge on any atom is 0.237 e. The zero-order chi connectivity index (χ0) is 13.5. The molecule has 2 heterocycles. The molecular formula is C14H23N3OS. The van der Waals surface area contributed by atoms with Gasteiger partial charge in [-0.1, -0.05) is 13.3 Å². The zero-order valence-electron chi connectivity index (χ0n) is 11.8. The third-order valence-corrected chi connectivity index (χ3v) is 4.84. The first kappa shape index (κ1) is 14.6. The van der Waals surface area contributed by atoms with E-state index in [1.165, 1.54) is 25.0 Å². The molecule has 1 aliphatic rings. The van der Waals surface area contributed by atoms with E-state index in [0.29, 0.717) is 11.1 Å². The van der Waals surface area contributed by atoms with Crippen molar-refractivity contribution >= 4 is 11.8 Å². The molecule has 0 radical (unpaired) electrons. The van der Waals surface area contributed by atoms with Gasteiger partial charge in [-0.15, -0.1) is 0 Å². The maximum absolute atomic E-state index is 5.37. The molecular weight excluding hydrogens is 258 g/mol. The Morgan fingerprint density at radius 1 is 1.42 bits per heavy atom. The molecule has 0 aromatic carbocycles. The summed E-state index contributed by atoms with van der Waals surface area (Å²) in [7, 11) is 1.67. The van der Waals surface area contributed by atoms with Crippen molar-refractivity contribution in [3.8, 4) is 5.88 Å². The molecule has 1 fully saturated rings. The highest BCUT2D eigenvalue weighted by Crippen LogP contribution is 2.36. The lowest BCUT2D eigenvalue weighted by molar-refractivity contribution is 0.371. The highest BCUT2D eigenvalue weighted by Gasteiger charge is 2.28. The Kier molecular flexibility index (Phi) is 5.92. The van der Waals surface area contributed by atoms with Crippen molar-refractivity contribution in [2.45, 2.75) is 43.9 Å². The fourth-order valence-corrected chi connectivity index (χ4v) is 3.86. The number of aromatic nitrogens is 2. The Bertz CT molecular complexity index is 383. The van der Waals surface area contributed by atoms with Crippen molar-refractivity contribution in [2.75, 3.05) is 19.4 Å². The molecule has 0 spiro atoms. The Morgan fingerprint density at radius 2 is 2.26 bits per heavy atom. The van der Waals surface area contributed by atoms with Crippen LogP contribution in [-0.2, 0) is 0 Å². The molecule has 2 atom stereocenters. The molecule has 1 N–H and O–H groups in total. The van der Waals surface area contributed by atoms with Crippen LogP contribution in [0.2, 0.25) is 0 Å². The third-order valence-electron chi connectivity index (χ3n) is 3.38. The van der Waals surface area contributed by atoms with Crippen LogP contribution in [0, 0.1) is 0 Å². The number of methoxy groups -OCH3 is 1. The van der Waals surface area contributed by atoms with E-state index in [0.717, 1.165) is 18.7 Å². The summed E-state index contributed by atoms with van der Waals surface area (Å²) in [5, 5.41) is 4.20. The van der Waals surface area contributed by atoms with Gasteiger partial charge < -0.3 is 10.1 Å². The first-order valence-electron chi connectivity index (χ1n) is 7.06. The summed E-state index contributed by atoms with van der Waals surface area (Å²) in [5.41, 5.74) is 0.956. The number of rotatable bonds is 6. The smallest absolute Gasteiger partial charge is 0.237 e. The van der Waals surface area contributed by atoms with Gasteiger partial charge in [0, 0.05) is 17.6 Å². The number of thioether (sulfide) groups is 1. The van der Waals surface area contributed by atoms with Gasteiger partial charge in [0.1, 0.15) is 5.69 Å². The van der Waals surface area contributed by atoms with Gasteiger partial charge in [0.05, 0.1) is 13.2 Å². The van der Waals surface area contributed by atoms with Gasteiger partial charge in [0.2, 0.25) is 5.88 Å². The minimum Gasteiger partial charge on any atom is -0.480 e. The highest BCUT2D eigenvalue weighted by atomic mass is 32.2. The number of nitrogens with one attached hydrogen (secondary N) is 1. The van der Waals surface area contributed by atoms with Crippen LogP contribution in [0.5, 0.6) is 5.88 Å². The van der Waals surface area contributed by atoms with Gasteiger partial charge in [-0.05, 0) is 31.6 Å². The average molecular weight is 281 g/mol. The number of nitrogens with zero attached hydrogens (tertiary/aromatic N) is 2. The minimum atomic E-state index is 0.244. The van der Waals surface area contributed by atoms with Crippen molar-refractivity contribution in [2.24, 2.45) is 0 Å². The van der Waals surface area contributed by atoms with Crippen molar-refractivity contribution in [3.63, 3.8) is 0 Å². The van der Waals surface area contributed by atoms with Crippen LogP contribution in [0.4, 0.5) is 0 Å². The molecule has 0 bridgehead atoms. The second-order valence-electron chi connectivity index (χ2n) is 4.79. The maximum atomic E-state index is 5.37. The van der Waals surface area contributed by atoms with Crippen molar-refractivity contribution in [1.29, 1.82) is 0 Å². The monoisotopic (exact) mass is 281 g/mol. The second-order valence-corrected chi connectivity index (χ2v) is 6.13. The van der Waals surface area contributed by atoms with E-state index in [1.807, 2.05) is 11.8 Å². The molecule has 1 saturated heterocycles. The predicted molar refractivity (Wildman–Crippen MR) is 79.7 cm³/mol. The molecule has 19 heavy (non-hydrogen) atoms. The highest BCUT2D eigenvalue weighted by molar-refractivity contribution is 8.00. The molecule has 0 aliphatic carbocycles. The predicted octanol–water partition coefficient (Wildman–Crippen LogP) is 2.81.